The molecule has 0 aliphatic heterocycles. The number of hydrogen-bond acceptors (Lipinski definition) is 7. The number of carbonyl (C=O) groups excluding carboxylic acids is 3. The maximum absolute atomic E-state index is 13.8. The van der Waals surface area contributed by atoms with Crippen molar-refractivity contribution >= 4 is 28.0 Å². The summed E-state index contributed by atoms with van der Waals surface area (Å²) in [5, 5.41) is 2.80. The number of carbonyl (C=O) groups is 3. The van der Waals surface area contributed by atoms with Crippen molar-refractivity contribution < 1.29 is 32.3 Å². The number of sulfonamides is 1. The lowest BCUT2D eigenvalue weighted by molar-refractivity contribution is -0.148. The molecule has 212 valence electrons. The molecule has 0 saturated heterocycles. The molecular formula is C28H37N3O7S. The van der Waals surface area contributed by atoms with Gasteiger partial charge in [-0.05, 0) is 56.5 Å². The van der Waals surface area contributed by atoms with E-state index >= 15 is 0 Å². The van der Waals surface area contributed by atoms with E-state index in [1.165, 1.54) is 24.1 Å². The Kier molecular flexibility index (Phi) is 9.73. The lowest BCUT2D eigenvalue weighted by Crippen LogP contribution is -2.60. The molecule has 39 heavy (non-hydrogen) atoms. The highest BCUT2D eigenvalue weighted by Gasteiger charge is 2.50. The molecule has 2 amide bonds. The maximum Gasteiger partial charge on any atom is 0.414 e. The van der Waals surface area contributed by atoms with Crippen LogP contribution >= 0.6 is 0 Å². The number of esters is 1. The molecule has 0 spiro atoms. The summed E-state index contributed by atoms with van der Waals surface area (Å²) in [4.78, 5) is 39.9. The fourth-order valence-corrected chi connectivity index (χ4v) is 6.12. The van der Waals surface area contributed by atoms with Crippen molar-refractivity contribution in [3.63, 3.8) is 0 Å². The van der Waals surface area contributed by atoms with Crippen LogP contribution in [0.4, 0.5) is 4.79 Å². The van der Waals surface area contributed by atoms with Gasteiger partial charge < -0.3 is 19.7 Å². The molecule has 1 fully saturated rings. The third-order valence-corrected chi connectivity index (χ3v) is 8.88. The van der Waals surface area contributed by atoms with E-state index in [-0.39, 0.29) is 17.9 Å². The lowest BCUT2D eigenvalue weighted by atomic mass is 9.95. The summed E-state index contributed by atoms with van der Waals surface area (Å²) in [6.45, 7) is 3.66. The largest absolute Gasteiger partial charge is 0.464 e. The summed E-state index contributed by atoms with van der Waals surface area (Å²) in [6.07, 6.45) is 1.61. The van der Waals surface area contributed by atoms with E-state index in [0.717, 1.165) is 9.87 Å². The van der Waals surface area contributed by atoms with Crippen molar-refractivity contribution in [1.82, 2.24) is 14.5 Å². The molecule has 11 heteroatoms. The van der Waals surface area contributed by atoms with Crippen molar-refractivity contribution in [3.05, 3.63) is 59.7 Å². The van der Waals surface area contributed by atoms with E-state index in [1.807, 2.05) is 6.92 Å². The van der Waals surface area contributed by atoms with Crippen molar-refractivity contribution in [2.24, 2.45) is 0 Å². The highest BCUT2D eigenvalue weighted by Crippen LogP contribution is 2.38. The van der Waals surface area contributed by atoms with Gasteiger partial charge in [0.25, 0.3) is 0 Å². The zero-order valence-corrected chi connectivity index (χ0v) is 23.9. The van der Waals surface area contributed by atoms with Crippen molar-refractivity contribution in [1.29, 1.82) is 0 Å². The van der Waals surface area contributed by atoms with Gasteiger partial charge in [-0.15, -0.1) is 0 Å². The molecule has 1 N–H and O–H groups in total. The van der Waals surface area contributed by atoms with Crippen LogP contribution in [0.3, 0.4) is 0 Å². The molecule has 2 aromatic rings. The zero-order valence-electron chi connectivity index (χ0n) is 23.1. The highest BCUT2D eigenvalue weighted by atomic mass is 32.2. The average molecular weight is 560 g/mol. The van der Waals surface area contributed by atoms with E-state index in [9.17, 15) is 22.8 Å². The molecular weight excluding hydrogens is 522 g/mol. The molecule has 1 saturated carbocycles. The zero-order chi connectivity index (χ0) is 28.8. The standard InChI is InChI=1S/C28H37N3O7S/c1-6-37-25(32)24(19-21-11-13-22(14-12-21)38-27(34)30(3)4)29-26(33)28(17-7-8-18-28)31(5)39(35,36)23-15-9-20(2)10-16-23/h9-16,24H,6-8,17-19H2,1-5H3,(H,29,33)/t24-/m0/s1. The number of amides is 2. The number of aryl methyl sites for hydroxylation is 1. The SMILES string of the molecule is CCOC(=O)[C@H](Cc1ccc(OC(=O)N(C)C)cc1)NC(=O)C1(N(C)S(=O)(=O)c2ccc(C)cc2)CCCC1. The second kappa shape index (κ2) is 12.6. The Morgan fingerprint density at radius 1 is 0.974 bits per heavy atom. The van der Waals surface area contributed by atoms with Crippen molar-refractivity contribution in [3.8, 4) is 5.75 Å². The lowest BCUT2D eigenvalue weighted by Gasteiger charge is -2.37. The second-order valence-corrected chi connectivity index (χ2v) is 11.9. The first-order valence-electron chi connectivity index (χ1n) is 12.9. The van der Waals surface area contributed by atoms with Crippen LogP contribution in [-0.4, -0.2) is 74.9 Å². The van der Waals surface area contributed by atoms with Gasteiger partial charge in [0.1, 0.15) is 17.3 Å². The number of rotatable bonds is 10. The number of likely N-dealkylation sites (N-methyl/N-ethyl adjacent to an activating group) is 1. The third kappa shape index (κ3) is 6.96. The van der Waals surface area contributed by atoms with E-state index < -0.39 is 39.6 Å². The summed E-state index contributed by atoms with van der Waals surface area (Å²) >= 11 is 0. The Labute approximate surface area is 230 Å². The predicted molar refractivity (Wildman–Crippen MR) is 146 cm³/mol. The van der Waals surface area contributed by atoms with Gasteiger partial charge in [0.05, 0.1) is 11.5 Å². The van der Waals surface area contributed by atoms with Crippen molar-refractivity contribution in [2.45, 2.75) is 62.4 Å². The molecule has 0 heterocycles. The number of benzene rings is 2. The summed E-state index contributed by atoms with van der Waals surface area (Å²) in [5.41, 5.74) is 0.281. The molecule has 0 aromatic heterocycles. The third-order valence-electron chi connectivity index (χ3n) is 6.95. The molecule has 3 rings (SSSR count). The van der Waals surface area contributed by atoms with Gasteiger partial charge in [0.2, 0.25) is 15.9 Å². The van der Waals surface area contributed by atoms with E-state index in [2.05, 4.69) is 5.32 Å². The Morgan fingerprint density at radius 2 is 1.56 bits per heavy atom. The Bertz CT molecular complexity index is 1270. The number of nitrogens with zero attached hydrogens (tertiary/aromatic N) is 2. The smallest absolute Gasteiger partial charge is 0.414 e. The molecule has 10 nitrogen and oxygen atoms in total. The Balaban J connectivity index is 1.84. The molecule has 0 unspecified atom stereocenters. The number of hydrogen-bond donors (Lipinski definition) is 1. The van der Waals surface area contributed by atoms with Crippen LogP contribution in [0.2, 0.25) is 0 Å². The number of nitrogens with one attached hydrogen (secondary N) is 1. The quantitative estimate of drug-likeness (QED) is 0.443. The first-order valence-corrected chi connectivity index (χ1v) is 14.4. The van der Waals surface area contributed by atoms with E-state index in [4.69, 9.17) is 9.47 Å². The van der Waals surface area contributed by atoms with Gasteiger partial charge in [-0.1, -0.05) is 42.7 Å². The number of ether oxygens (including phenoxy) is 2. The van der Waals surface area contributed by atoms with Gasteiger partial charge in [-0.2, -0.15) is 4.31 Å². The fraction of sp³-hybridized carbons (Fsp3) is 0.464. The van der Waals surface area contributed by atoms with E-state index in [0.29, 0.717) is 37.0 Å². The molecule has 1 atom stereocenters. The minimum Gasteiger partial charge on any atom is -0.464 e. The summed E-state index contributed by atoms with van der Waals surface area (Å²) in [6, 6.07) is 12.0. The van der Waals surface area contributed by atoms with E-state index in [1.54, 1.807) is 57.4 Å². The van der Waals surface area contributed by atoms with Crippen LogP contribution in [0.1, 0.15) is 43.7 Å². The predicted octanol–water partition coefficient (Wildman–Crippen LogP) is 3.28. The summed E-state index contributed by atoms with van der Waals surface area (Å²) in [5.74, 6) is -0.819. The van der Waals surface area contributed by atoms with Crippen molar-refractivity contribution in [2.75, 3.05) is 27.7 Å². The Hall–Kier alpha value is -3.44. The molecule has 1 aliphatic rings. The van der Waals surface area contributed by atoms with Gasteiger partial charge >= 0.3 is 12.1 Å². The maximum atomic E-state index is 13.8. The van der Waals surface area contributed by atoms with Crippen LogP contribution < -0.4 is 10.1 Å². The average Bonchev–Trinajstić information content (AvgIpc) is 3.40. The second-order valence-electron chi connectivity index (χ2n) is 9.91. The van der Waals surface area contributed by atoms with Crippen LogP contribution in [0.15, 0.2) is 53.4 Å². The minimum absolute atomic E-state index is 0.103. The van der Waals surface area contributed by atoms with Gasteiger partial charge in [0, 0.05) is 27.6 Å². The molecule has 2 aromatic carbocycles. The molecule has 0 bridgehead atoms. The monoisotopic (exact) mass is 559 g/mol. The van der Waals surface area contributed by atoms with Gasteiger partial charge in [-0.3, -0.25) is 4.79 Å². The van der Waals surface area contributed by atoms with Crippen LogP contribution in [0.5, 0.6) is 5.75 Å². The van der Waals surface area contributed by atoms with Gasteiger partial charge in [-0.25, -0.2) is 18.0 Å². The highest BCUT2D eigenvalue weighted by molar-refractivity contribution is 7.89. The van der Waals surface area contributed by atoms with Crippen LogP contribution in [0.25, 0.3) is 0 Å². The topological polar surface area (TPSA) is 122 Å². The van der Waals surface area contributed by atoms with Crippen LogP contribution in [0, 0.1) is 6.92 Å². The minimum atomic E-state index is -3.98. The first-order chi connectivity index (χ1) is 18.4. The summed E-state index contributed by atoms with van der Waals surface area (Å²) in [7, 11) is 0.593. The Morgan fingerprint density at radius 3 is 2.10 bits per heavy atom. The fourth-order valence-electron chi connectivity index (χ4n) is 4.59. The molecule has 1 aliphatic carbocycles. The van der Waals surface area contributed by atoms with Gasteiger partial charge in [0.15, 0.2) is 0 Å². The summed E-state index contributed by atoms with van der Waals surface area (Å²) < 4.78 is 38.6. The first kappa shape index (κ1) is 30.1. The van der Waals surface area contributed by atoms with Crippen LogP contribution in [-0.2, 0) is 30.8 Å². The normalized spacial score (nSPS) is 15.4. The molecule has 0 radical (unpaired) electrons.